The molecule has 4 rings (SSSR count). The highest BCUT2D eigenvalue weighted by molar-refractivity contribution is 6.42. The van der Waals surface area contributed by atoms with Crippen molar-refractivity contribution in [2.75, 3.05) is 11.9 Å². The smallest absolute Gasteiger partial charge is 0.201 e. The summed E-state index contributed by atoms with van der Waals surface area (Å²) in [7, 11) is 0. The first-order valence-corrected chi connectivity index (χ1v) is 8.95. The van der Waals surface area contributed by atoms with Crippen molar-refractivity contribution in [1.29, 1.82) is 5.26 Å². The number of fused-ring (bicyclic) bond motifs is 1. The molecule has 4 nitrogen and oxygen atoms in total. The van der Waals surface area contributed by atoms with Gasteiger partial charge in [0.1, 0.15) is 11.6 Å². The molecular formula is C19H16Cl2N4. The highest BCUT2D eigenvalue weighted by Crippen LogP contribution is 2.45. The zero-order valence-electron chi connectivity index (χ0n) is 13.4. The van der Waals surface area contributed by atoms with Gasteiger partial charge in [0.2, 0.25) is 5.95 Å². The van der Waals surface area contributed by atoms with Gasteiger partial charge in [-0.25, -0.2) is 4.98 Å². The van der Waals surface area contributed by atoms with E-state index in [0.29, 0.717) is 27.1 Å². The molecule has 3 aromatic rings. The molecule has 0 aliphatic heterocycles. The van der Waals surface area contributed by atoms with Crippen LogP contribution in [-0.2, 0) is 5.41 Å². The fourth-order valence-electron chi connectivity index (χ4n) is 3.46. The van der Waals surface area contributed by atoms with Crippen LogP contribution in [0, 0.1) is 11.3 Å². The zero-order valence-corrected chi connectivity index (χ0v) is 15.0. The van der Waals surface area contributed by atoms with Crippen LogP contribution < -0.4 is 5.32 Å². The Morgan fingerprint density at radius 2 is 2.04 bits per heavy atom. The quantitative estimate of drug-likeness (QED) is 0.656. The van der Waals surface area contributed by atoms with Gasteiger partial charge >= 0.3 is 0 Å². The molecule has 0 saturated heterocycles. The van der Waals surface area contributed by atoms with Gasteiger partial charge in [-0.1, -0.05) is 41.8 Å². The number of para-hydroxylation sites is 1. The van der Waals surface area contributed by atoms with E-state index in [-0.39, 0.29) is 5.41 Å². The van der Waals surface area contributed by atoms with Crippen molar-refractivity contribution >= 4 is 40.2 Å². The van der Waals surface area contributed by atoms with Gasteiger partial charge in [0.25, 0.3) is 0 Å². The molecule has 0 amide bonds. The first-order chi connectivity index (χ1) is 12.1. The predicted molar refractivity (Wildman–Crippen MR) is 101 cm³/mol. The van der Waals surface area contributed by atoms with Crippen LogP contribution in [0.3, 0.4) is 0 Å². The molecule has 1 saturated carbocycles. The molecule has 0 radical (unpaired) electrons. The summed E-state index contributed by atoms with van der Waals surface area (Å²) >= 11 is 12.3. The third-order valence-electron chi connectivity index (χ3n) is 5.07. The molecule has 1 aromatic heterocycles. The summed E-state index contributed by atoms with van der Waals surface area (Å²) in [5.74, 6) is 0.684. The molecule has 2 aromatic carbocycles. The molecular weight excluding hydrogens is 355 g/mol. The first kappa shape index (κ1) is 16.3. The SMILES string of the molecule is N#Cc1cccc2[nH]c(NCC3(c4ccc(Cl)c(Cl)c4)CCC3)nc12. The lowest BCUT2D eigenvalue weighted by molar-refractivity contribution is 0.260. The van der Waals surface area contributed by atoms with Gasteiger partial charge in [0.15, 0.2) is 0 Å². The molecule has 1 aliphatic rings. The number of anilines is 1. The van der Waals surface area contributed by atoms with Crippen molar-refractivity contribution in [3.8, 4) is 6.07 Å². The number of H-pyrrole nitrogens is 1. The summed E-state index contributed by atoms with van der Waals surface area (Å²) in [5, 5.41) is 13.8. The van der Waals surface area contributed by atoms with Gasteiger partial charge in [-0.05, 0) is 42.7 Å². The Bertz CT molecular complexity index is 983. The molecule has 0 unspecified atom stereocenters. The van der Waals surface area contributed by atoms with Crippen molar-refractivity contribution in [2.24, 2.45) is 0 Å². The molecule has 0 spiro atoms. The largest absolute Gasteiger partial charge is 0.355 e. The van der Waals surface area contributed by atoms with Crippen molar-refractivity contribution in [3.05, 3.63) is 57.6 Å². The summed E-state index contributed by atoms with van der Waals surface area (Å²) in [6.07, 6.45) is 3.39. The van der Waals surface area contributed by atoms with Gasteiger partial charge in [-0.15, -0.1) is 0 Å². The van der Waals surface area contributed by atoms with Crippen LogP contribution >= 0.6 is 23.2 Å². The van der Waals surface area contributed by atoms with Crippen LogP contribution in [0.5, 0.6) is 0 Å². The number of aromatic nitrogens is 2. The number of nitrogens with zero attached hydrogens (tertiary/aromatic N) is 2. The average Bonchev–Trinajstić information content (AvgIpc) is 3.00. The minimum Gasteiger partial charge on any atom is -0.355 e. The monoisotopic (exact) mass is 370 g/mol. The number of nitriles is 1. The van der Waals surface area contributed by atoms with Gasteiger partial charge in [-0.2, -0.15) is 5.26 Å². The minimum absolute atomic E-state index is 0.0469. The van der Waals surface area contributed by atoms with E-state index >= 15 is 0 Å². The number of hydrogen-bond donors (Lipinski definition) is 2. The Labute approximate surface area is 155 Å². The Morgan fingerprint density at radius 3 is 2.72 bits per heavy atom. The molecule has 0 bridgehead atoms. The van der Waals surface area contributed by atoms with E-state index in [0.717, 1.165) is 24.9 Å². The summed E-state index contributed by atoms with van der Waals surface area (Å²) < 4.78 is 0. The maximum absolute atomic E-state index is 9.20. The maximum Gasteiger partial charge on any atom is 0.201 e. The summed E-state index contributed by atoms with van der Waals surface area (Å²) in [6.45, 7) is 0.757. The lowest BCUT2D eigenvalue weighted by atomic mass is 9.64. The predicted octanol–water partition coefficient (Wildman–Crippen LogP) is 5.28. The standard InChI is InChI=1S/C19H16Cl2N4/c20-14-6-5-13(9-15(14)21)19(7-2-8-19)11-23-18-24-16-4-1-3-12(10-22)17(16)25-18/h1,3-6,9H,2,7-8,11H2,(H2,23,24,25). The van der Waals surface area contributed by atoms with Crippen molar-refractivity contribution in [2.45, 2.75) is 24.7 Å². The fraction of sp³-hybridized carbons (Fsp3) is 0.263. The summed E-state index contributed by atoms with van der Waals surface area (Å²) in [6, 6.07) is 13.6. The molecule has 1 aliphatic carbocycles. The number of hydrogen-bond acceptors (Lipinski definition) is 3. The van der Waals surface area contributed by atoms with Crippen LogP contribution in [0.15, 0.2) is 36.4 Å². The molecule has 6 heteroatoms. The second kappa shape index (κ2) is 6.25. The van der Waals surface area contributed by atoms with Crippen LogP contribution in [0.25, 0.3) is 11.0 Å². The molecule has 1 heterocycles. The van der Waals surface area contributed by atoms with Gasteiger partial charge < -0.3 is 10.3 Å². The second-order valence-corrected chi connectivity index (χ2v) is 7.33. The van der Waals surface area contributed by atoms with Crippen LogP contribution in [0.2, 0.25) is 10.0 Å². The molecule has 0 atom stereocenters. The van der Waals surface area contributed by atoms with Gasteiger partial charge in [-0.3, -0.25) is 0 Å². The fourth-order valence-corrected chi connectivity index (χ4v) is 3.75. The van der Waals surface area contributed by atoms with E-state index in [1.807, 2.05) is 24.3 Å². The normalized spacial score (nSPS) is 15.6. The minimum atomic E-state index is 0.0469. The first-order valence-electron chi connectivity index (χ1n) is 8.20. The number of aromatic amines is 1. The van der Waals surface area contributed by atoms with E-state index in [9.17, 15) is 5.26 Å². The summed E-state index contributed by atoms with van der Waals surface area (Å²) in [4.78, 5) is 7.78. The highest BCUT2D eigenvalue weighted by Gasteiger charge is 2.39. The van der Waals surface area contributed by atoms with Crippen LogP contribution in [0.1, 0.15) is 30.4 Å². The number of imidazole rings is 1. The second-order valence-electron chi connectivity index (χ2n) is 6.52. The van der Waals surface area contributed by atoms with Crippen molar-refractivity contribution < 1.29 is 0 Å². The number of halogens is 2. The Kier molecular flexibility index (Phi) is 4.07. The zero-order chi connectivity index (χ0) is 17.4. The Balaban J connectivity index is 1.59. The molecule has 25 heavy (non-hydrogen) atoms. The van der Waals surface area contributed by atoms with E-state index < -0.39 is 0 Å². The van der Waals surface area contributed by atoms with Crippen molar-refractivity contribution in [3.63, 3.8) is 0 Å². The Hall–Kier alpha value is -2.22. The maximum atomic E-state index is 9.20. The lowest BCUT2D eigenvalue weighted by Gasteiger charge is -2.42. The molecule has 126 valence electrons. The van der Waals surface area contributed by atoms with Crippen LogP contribution in [-0.4, -0.2) is 16.5 Å². The number of benzene rings is 2. The molecule has 1 fully saturated rings. The third-order valence-corrected chi connectivity index (χ3v) is 5.81. The van der Waals surface area contributed by atoms with Gasteiger partial charge in [0, 0.05) is 12.0 Å². The number of nitrogens with one attached hydrogen (secondary N) is 2. The van der Waals surface area contributed by atoms with Gasteiger partial charge in [0.05, 0.1) is 21.1 Å². The Morgan fingerprint density at radius 1 is 1.20 bits per heavy atom. The number of rotatable bonds is 4. The van der Waals surface area contributed by atoms with E-state index in [1.165, 1.54) is 12.0 Å². The third kappa shape index (κ3) is 2.84. The van der Waals surface area contributed by atoms with E-state index in [4.69, 9.17) is 23.2 Å². The molecule has 2 N–H and O–H groups in total. The highest BCUT2D eigenvalue weighted by atomic mass is 35.5. The van der Waals surface area contributed by atoms with Crippen molar-refractivity contribution in [1.82, 2.24) is 9.97 Å². The average molecular weight is 371 g/mol. The van der Waals surface area contributed by atoms with Crippen LogP contribution in [0.4, 0.5) is 5.95 Å². The van der Waals surface area contributed by atoms with E-state index in [1.54, 1.807) is 6.07 Å². The lowest BCUT2D eigenvalue weighted by Crippen LogP contribution is -2.41. The summed E-state index contributed by atoms with van der Waals surface area (Å²) in [5.41, 5.74) is 3.38. The van der Waals surface area contributed by atoms with E-state index in [2.05, 4.69) is 27.4 Å². The topological polar surface area (TPSA) is 64.5 Å².